The van der Waals surface area contributed by atoms with Crippen LogP contribution in [0.3, 0.4) is 0 Å². The zero-order chi connectivity index (χ0) is 18.6. The van der Waals surface area contributed by atoms with E-state index in [1.54, 1.807) is 23.2 Å². The van der Waals surface area contributed by atoms with Gasteiger partial charge in [-0.1, -0.05) is 28.9 Å². The van der Waals surface area contributed by atoms with Crippen molar-refractivity contribution < 1.29 is 14.1 Å². The number of carbonyl (C=O) groups excluding carboxylic acids is 1. The van der Waals surface area contributed by atoms with Gasteiger partial charge in [0.1, 0.15) is 0 Å². The summed E-state index contributed by atoms with van der Waals surface area (Å²) in [4.78, 5) is 22.5. The van der Waals surface area contributed by atoms with Crippen LogP contribution in [0.25, 0.3) is 11.4 Å². The van der Waals surface area contributed by atoms with Crippen LogP contribution in [0.2, 0.25) is 0 Å². The number of hydrogen-bond acceptors (Lipinski definition) is 6. The summed E-state index contributed by atoms with van der Waals surface area (Å²) in [6, 6.07) is 11.5. The number of hydrogen-bond donors (Lipinski definition) is 0. The molecule has 3 heterocycles. The Bertz CT molecular complexity index is 924. The van der Waals surface area contributed by atoms with Crippen LogP contribution < -0.4 is 4.74 Å². The second kappa shape index (κ2) is 8.84. The first kappa shape index (κ1) is 19.8. The fourth-order valence-electron chi connectivity index (χ4n) is 3.18. The number of aromatic nitrogens is 3. The number of piperidine rings is 1. The van der Waals surface area contributed by atoms with E-state index in [1.807, 2.05) is 31.2 Å². The molecule has 28 heavy (non-hydrogen) atoms. The van der Waals surface area contributed by atoms with Gasteiger partial charge in [-0.05, 0) is 38.0 Å². The predicted molar refractivity (Wildman–Crippen MR) is 106 cm³/mol. The Morgan fingerprint density at radius 2 is 2.04 bits per heavy atom. The fourth-order valence-corrected chi connectivity index (χ4v) is 3.18. The average Bonchev–Trinajstić information content (AvgIpc) is 3.19. The third-order valence-electron chi connectivity index (χ3n) is 4.66. The minimum Gasteiger partial charge on any atom is -0.409 e. The molecule has 0 aliphatic carbocycles. The van der Waals surface area contributed by atoms with Gasteiger partial charge in [0.25, 0.3) is 0 Å². The maximum Gasteiger partial charge on any atom is 0.415 e. The van der Waals surface area contributed by atoms with Gasteiger partial charge in [-0.3, -0.25) is 4.98 Å². The molecule has 0 bridgehead atoms. The topological polar surface area (TPSA) is 81.4 Å². The van der Waals surface area contributed by atoms with Gasteiger partial charge in [-0.25, -0.2) is 4.79 Å². The molecule has 3 aromatic rings. The molecular formula is C20H21ClN4O3. The van der Waals surface area contributed by atoms with Gasteiger partial charge in [0.15, 0.2) is 5.75 Å². The number of benzene rings is 1. The first-order valence-electron chi connectivity index (χ1n) is 8.96. The van der Waals surface area contributed by atoms with Crippen molar-refractivity contribution in [3.05, 3.63) is 60.2 Å². The quantitative estimate of drug-likeness (QED) is 0.654. The van der Waals surface area contributed by atoms with Crippen LogP contribution >= 0.6 is 12.4 Å². The number of aryl methyl sites for hydroxylation is 1. The van der Waals surface area contributed by atoms with E-state index in [1.165, 1.54) is 6.20 Å². The Kier molecular flexibility index (Phi) is 6.26. The van der Waals surface area contributed by atoms with E-state index in [0.29, 0.717) is 30.6 Å². The molecule has 8 heteroatoms. The summed E-state index contributed by atoms with van der Waals surface area (Å²) in [5, 5.41) is 4.11. The maximum absolute atomic E-state index is 12.3. The number of amides is 1. The first-order chi connectivity index (χ1) is 13.2. The molecule has 146 valence electrons. The molecule has 0 atom stereocenters. The summed E-state index contributed by atoms with van der Waals surface area (Å²) in [6.07, 6.45) is 4.33. The van der Waals surface area contributed by atoms with E-state index >= 15 is 0 Å². The number of pyridine rings is 1. The van der Waals surface area contributed by atoms with E-state index in [-0.39, 0.29) is 24.4 Å². The highest BCUT2D eigenvalue weighted by molar-refractivity contribution is 5.85. The van der Waals surface area contributed by atoms with Crippen LogP contribution in [0.4, 0.5) is 4.79 Å². The first-order valence-corrected chi connectivity index (χ1v) is 8.96. The molecule has 4 rings (SSSR count). The zero-order valence-corrected chi connectivity index (χ0v) is 16.3. The Hall–Kier alpha value is -2.93. The molecule has 0 unspecified atom stereocenters. The lowest BCUT2D eigenvalue weighted by molar-refractivity contribution is 0.135. The highest BCUT2D eigenvalue weighted by Gasteiger charge is 2.28. The van der Waals surface area contributed by atoms with Crippen LogP contribution in [-0.4, -0.2) is 39.2 Å². The van der Waals surface area contributed by atoms with E-state index in [2.05, 4.69) is 15.1 Å². The normalized spacial score (nSPS) is 14.4. The summed E-state index contributed by atoms with van der Waals surface area (Å²) < 4.78 is 10.8. The number of likely N-dealkylation sites (tertiary alicyclic amines) is 1. The summed E-state index contributed by atoms with van der Waals surface area (Å²) in [7, 11) is 0. The van der Waals surface area contributed by atoms with Crippen molar-refractivity contribution in [3.63, 3.8) is 0 Å². The lowest BCUT2D eigenvalue weighted by Crippen LogP contribution is -2.39. The van der Waals surface area contributed by atoms with Gasteiger partial charge in [-0.2, -0.15) is 4.98 Å². The van der Waals surface area contributed by atoms with Crippen molar-refractivity contribution in [3.8, 4) is 17.1 Å². The van der Waals surface area contributed by atoms with Gasteiger partial charge in [0.2, 0.25) is 11.7 Å². The maximum atomic E-state index is 12.3. The summed E-state index contributed by atoms with van der Waals surface area (Å²) in [5.41, 5.74) is 2.10. The third-order valence-corrected chi connectivity index (χ3v) is 4.66. The molecule has 1 fully saturated rings. The minimum absolute atomic E-state index is 0. The van der Waals surface area contributed by atoms with Crippen LogP contribution in [0.1, 0.15) is 30.2 Å². The van der Waals surface area contributed by atoms with E-state index < -0.39 is 0 Å². The lowest BCUT2D eigenvalue weighted by atomic mass is 9.97. The minimum atomic E-state index is -0.354. The van der Waals surface area contributed by atoms with Crippen LogP contribution in [-0.2, 0) is 0 Å². The van der Waals surface area contributed by atoms with Crippen molar-refractivity contribution in [1.29, 1.82) is 0 Å². The van der Waals surface area contributed by atoms with Crippen molar-refractivity contribution in [2.75, 3.05) is 13.1 Å². The van der Waals surface area contributed by atoms with Crippen LogP contribution in [0, 0.1) is 6.92 Å². The third kappa shape index (κ3) is 4.48. The monoisotopic (exact) mass is 400 g/mol. The Balaban J connectivity index is 0.00000225. The van der Waals surface area contributed by atoms with Crippen molar-refractivity contribution in [2.45, 2.75) is 25.7 Å². The highest BCUT2D eigenvalue weighted by atomic mass is 35.5. The zero-order valence-electron chi connectivity index (χ0n) is 15.4. The lowest BCUT2D eigenvalue weighted by Gasteiger charge is -2.29. The van der Waals surface area contributed by atoms with Crippen molar-refractivity contribution >= 4 is 18.5 Å². The molecule has 1 aromatic carbocycles. The molecule has 1 amide bonds. The molecule has 0 radical (unpaired) electrons. The molecule has 2 aromatic heterocycles. The molecule has 0 N–H and O–H groups in total. The standard InChI is InChI=1S/C20H20N4O3.ClH/c1-14-4-2-5-16(12-14)18-22-19(27-23-18)15-7-10-24(11-8-15)20(25)26-17-6-3-9-21-13-17;/h2-6,9,12-13,15H,7-8,10-11H2,1H3;1H. The van der Waals surface area contributed by atoms with Crippen LogP contribution in [0.15, 0.2) is 53.3 Å². The molecule has 1 saturated heterocycles. The number of rotatable bonds is 3. The van der Waals surface area contributed by atoms with Crippen molar-refractivity contribution in [1.82, 2.24) is 20.0 Å². The Labute approximate surface area is 169 Å². The van der Waals surface area contributed by atoms with Gasteiger partial charge >= 0.3 is 6.09 Å². The van der Waals surface area contributed by atoms with Gasteiger partial charge in [-0.15, -0.1) is 12.4 Å². The molecular weight excluding hydrogens is 380 g/mol. The van der Waals surface area contributed by atoms with Crippen molar-refractivity contribution in [2.24, 2.45) is 0 Å². The van der Waals surface area contributed by atoms with E-state index in [9.17, 15) is 4.79 Å². The highest BCUT2D eigenvalue weighted by Crippen LogP contribution is 2.29. The number of halogens is 1. The molecule has 7 nitrogen and oxygen atoms in total. The number of nitrogens with zero attached hydrogens (tertiary/aromatic N) is 4. The van der Waals surface area contributed by atoms with Gasteiger partial charge < -0.3 is 14.2 Å². The molecule has 0 spiro atoms. The van der Waals surface area contributed by atoms with Gasteiger partial charge in [0.05, 0.1) is 6.20 Å². The van der Waals surface area contributed by atoms with E-state index in [4.69, 9.17) is 9.26 Å². The SMILES string of the molecule is Cc1cccc(-c2noc(C3CCN(C(=O)Oc4cccnc4)CC3)n2)c1.Cl. The van der Waals surface area contributed by atoms with Crippen LogP contribution in [0.5, 0.6) is 5.75 Å². The smallest absolute Gasteiger partial charge is 0.409 e. The number of ether oxygens (including phenoxy) is 1. The average molecular weight is 401 g/mol. The Morgan fingerprint density at radius 1 is 1.21 bits per heavy atom. The molecule has 0 saturated carbocycles. The summed E-state index contributed by atoms with van der Waals surface area (Å²) in [6.45, 7) is 3.21. The largest absolute Gasteiger partial charge is 0.415 e. The molecule has 1 aliphatic heterocycles. The van der Waals surface area contributed by atoms with E-state index in [0.717, 1.165) is 24.0 Å². The summed E-state index contributed by atoms with van der Waals surface area (Å²) in [5.74, 6) is 1.83. The second-order valence-corrected chi connectivity index (χ2v) is 6.64. The fraction of sp³-hybridized carbons (Fsp3) is 0.300. The predicted octanol–water partition coefficient (Wildman–Crippen LogP) is 4.24. The van der Waals surface area contributed by atoms with Gasteiger partial charge in [0, 0.05) is 30.8 Å². The number of carbonyl (C=O) groups is 1. The summed E-state index contributed by atoms with van der Waals surface area (Å²) >= 11 is 0. The second-order valence-electron chi connectivity index (χ2n) is 6.64. The Morgan fingerprint density at radius 3 is 2.75 bits per heavy atom. The molecule has 1 aliphatic rings.